The molecule has 0 bridgehead atoms. The normalized spacial score (nSPS) is 13.2. The topological polar surface area (TPSA) is 62.3 Å². The maximum atomic E-state index is 7.23. The van der Waals surface area contributed by atoms with Crippen LogP contribution in [0.4, 0.5) is 0 Å². The van der Waals surface area contributed by atoms with Gasteiger partial charge in [-0.1, -0.05) is 6.92 Å². The first-order valence-electron chi connectivity index (χ1n) is 4.68. The predicted octanol–water partition coefficient (Wildman–Crippen LogP) is 0.527. The van der Waals surface area contributed by atoms with Crippen molar-refractivity contribution in [3.05, 3.63) is 0 Å². The average Bonchev–Trinajstić information content (AvgIpc) is 2.04. The molecule has 0 aliphatic rings. The van der Waals surface area contributed by atoms with Gasteiger partial charge in [0.2, 0.25) is 0 Å². The van der Waals surface area contributed by atoms with Crippen LogP contribution < -0.4 is 5.73 Å². The van der Waals surface area contributed by atoms with Gasteiger partial charge in [-0.25, -0.2) is 0 Å². The smallest absolute Gasteiger partial charge is 0.0947 e. The molecule has 0 fully saturated rings. The Morgan fingerprint density at radius 3 is 2.69 bits per heavy atom. The highest BCUT2D eigenvalue weighted by Crippen LogP contribution is 1.96. The van der Waals surface area contributed by atoms with E-state index in [2.05, 4.69) is 4.90 Å². The molecule has 4 nitrogen and oxygen atoms in total. The van der Waals surface area contributed by atoms with Crippen LogP contribution in [0.2, 0.25) is 0 Å². The third-order valence-corrected chi connectivity index (χ3v) is 1.94. The molecule has 0 spiro atoms. The number of hydrogen-bond acceptors (Lipinski definition) is 3. The molecule has 0 aromatic carbocycles. The lowest BCUT2D eigenvalue weighted by Gasteiger charge is -2.20. The molecule has 0 aliphatic carbocycles. The van der Waals surface area contributed by atoms with E-state index in [0.29, 0.717) is 0 Å². The highest BCUT2D eigenvalue weighted by atomic mass is 16.5. The van der Waals surface area contributed by atoms with E-state index in [4.69, 9.17) is 15.9 Å². The minimum Gasteiger partial charge on any atom is -0.387 e. The molecule has 3 N–H and O–H groups in total. The van der Waals surface area contributed by atoms with Crippen molar-refractivity contribution in [3.63, 3.8) is 0 Å². The van der Waals surface area contributed by atoms with E-state index in [1.807, 2.05) is 20.9 Å². The van der Waals surface area contributed by atoms with Crippen molar-refractivity contribution >= 4 is 5.84 Å². The number of likely N-dealkylation sites (N-methyl/N-ethyl adjacent to an activating group) is 1. The van der Waals surface area contributed by atoms with E-state index in [1.165, 1.54) is 0 Å². The fourth-order valence-electron chi connectivity index (χ4n) is 1.02. The molecule has 1 atom stereocenters. The summed E-state index contributed by atoms with van der Waals surface area (Å²) in [6.07, 6.45) is 0. The Morgan fingerprint density at radius 2 is 2.23 bits per heavy atom. The molecule has 0 aliphatic heterocycles. The summed E-state index contributed by atoms with van der Waals surface area (Å²) < 4.78 is 5.22. The van der Waals surface area contributed by atoms with Gasteiger partial charge in [0.25, 0.3) is 0 Å². The Morgan fingerprint density at radius 1 is 1.62 bits per heavy atom. The number of hydrogen-bond donors (Lipinski definition) is 2. The van der Waals surface area contributed by atoms with Crippen molar-refractivity contribution in [2.75, 3.05) is 33.4 Å². The Balaban J connectivity index is 3.49. The number of nitrogens with zero attached hydrogens (tertiary/aromatic N) is 1. The first kappa shape index (κ1) is 12.4. The Labute approximate surface area is 80.6 Å². The second kappa shape index (κ2) is 6.86. The maximum absolute atomic E-state index is 7.23. The summed E-state index contributed by atoms with van der Waals surface area (Å²) in [4.78, 5) is 2.13. The van der Waals surface area contributed by atoms with Crippen LogP contribution in [0.15, 0.2) is 0 Å². The van der Waals surface area contributed by atoms with Crippen molar-refractivity contribution in [2.24, 2.45) is 11.7 Å². The molecular weight excluding hydrogens is 166 g/mol. The standard InChI is InChI=1S/C9H21N3O/c1-4-13-6-5-12(3)7-8(2)9(10)11/h8H,4-7H2,1-3H3,(H3,10,11). The Hall–Kier alpha value is -0.610. The maximum Gasteiger partial charge on any atom is 0.0947 e. The lowest BCUT2D eigenvalue weighted by Crippen LogP contribution is -2.33. The van der Waals surface area contributed by atoms with E-state index >= 15 is 0 Å². The molecule has 78 valence electrons. The third kappa shape index (κ3) is 6.54. The van der Waals surface area contributed by atoms with Crippen LogP contribution in [0.5, 0.6) is 0 Å². The van der Waals surface area contributed by atoms with Crippen molar-refractivity contribution in [1.29, 1.82) is 5.41 Å². The predicted molar refractivity (Wildman–Crippen MR) is 55.1 cm³/mol. The molecular formula is C9H21N3O. The third-order valence-electron chi connectivity index (χ3n) is 1.94. The van der Waals surface area contributed by atoms with E-state index in [0.717, 1.165) is 26.3 Å². The summed E-state index contributed by atoms with van der Waals surface area (Å²) in [5, 5.41) is 7.23. The van der Waals surface area contributed by atoms with Crippen molar-refractivity contribution < 1.29 is 4.74 Å². The summed E-state index contributed by atoms with van der Waals surface area (Å²) in [6, 6.07) is 0. The SMILES string of the molecule is CCOCCN(C)CC(C)C(=N)N. The van der Waals surface area contributed by atoms with Crippen molar-refractivity contribution in [3.8, 4) is 0 Å². The highest BCUT2D eigenvalue weighted by Gasteiger charge is 2.08. The van der Waals surface area contributed by atoms with Crippen LogP contribution in [-0.4, -0.2) is 44.1 Å². The van der Waals surface area contributed by atoms with E-state index < -0.39 is 0 Å². The summed E-state index contributed by atoms with van der Waals surface area (Å²) in [5.41, 5.74) is 5.36. The average molecular weight is 187 g/mol. The summed E-state index contributed by atoms with van der Waals surface area (Å²) in [7, 11) is 2.01. The van der Waals surface area contributed by atoms with Gasteiger partial charge in [-0.2, -0.15) is 0 Å². The summed E-state index contributed by atoms with van der Waals surface area (Å²) >= 11 is 0. The second-order valence-corrected chi connectivity index (χ2v) is 3.32. The number of nitrogens with one attached hydrogen (secondary N) is 1. The first-order valence-corrected chi connectivity index (χ1v) is 4.68. The van der Waals surface area contributed by atoms with Crippen LogP contribution in [0, 0.1) is 11.3 Å². The van der Waals surface area contributed by atoms with Crippen LogP contribution in [0.25, 0.3) is 0 Å². The van der Waals surface area contributed by atoms with Gasteiger partial charge in [-0.05, 0) is 14.0 Å². The molecule has 0 radical (unpaired) electrons. The molecule has 0 saturated carbocycles. The zero-order chi connectivity index (χ0) is 10.3. The molecule has 0 aromatic rings. The van der Waals surface area contributed by atoms with Gasteiger partial charge in [-0.15, -0.1) is 0 Å². The quantitative estimate of drug-likeness (QED) is 0.347. The van der Waals surface area contributed by atoms with Crippen LogP contribution in [0.1, 0.15) is 13.8 Å². The number of ether oxygens (including phenoxy) is 1. The molecule has 4 heteroatoms. The van der Waals surface area contributed by atoms with Gasteiger partial charge in [-0.3, -0.25) is 5.41 Å². The van der Waals surface area contributed by atoms with E-state index in [-0.39, 0.29) is 11.8 Å². The molecule has 13 heavy (non-hydrogen) atoms. The summed E-state index contributed by atoms with van der Waals surface area (Å²) in [5.74, 6) is 0.384. The zero-order valence-electron chi connectivity index (χ0n) is 8.84. The second-order valence-electron chi connectivity index (χ2n) is 3.32. The minimum atomic E-state index is 0.131. The molecule has 0 rings (SSSR count). The first-order chi connectivity index (χ1) is 6.07. The zero-order valence-corrected chi connectivity index (χ0v) is 8.84. The molecule has 0 aromatic heterocycles. The Kier molecular flexibility index (Phi) is 6.54. The van der Waals surface area contributed by atoms with Gasteiger partial charge >= 0.3 is 0 Å². The molecule has 0 amide bonds. The van der Waals surface area contributed by atoms with Crippen LogP contribution in [-0.2, 0) is 4.74 Å². The van der Waals surface area contributed by atoms with Gasteiger partial charge < -0.3 is 15.4 Å². The van der Waals surface area contributed by atoms with E-state index in [1.54, 1.807) is 0 Å². The lowest BCUT2D eigenvalue weighted by atomic mass is 10.1. The van der Waals surface area contributed by atoms with Crippen LogP contribution in [0.3, 0.4) is 0 Å². The number of nitrogens with two attached hydrogens (primary N) is 1. The lowest BCUT2D eigenvalue weighted by molar-refractivity contribution is 0.120. The van der Waals surface area contributed by atoms with Gasteiger partial charge in [0.1, 0.15) is 0 Å². The fraction of sp³-hybridized carbons (Fsp3) is 0.889. The fourth-order valence-corrected chi connectivity index (χ4v) is 1.02. The minimum absolute atomic E-state index is 0.131. The largest absolute Gasteiger partial charge is 0.387 e. The van der Waals surface area contributed by atoms with Crippen molar-refractivity contribution in [1.82, 2.24) is 4.90 Å². The summed E-state index contributed by atoms with van der Waals surface area (Å²) in [6.45, 7) is 7.17. The van der Waals surface area contributed by atoms with Crippen molar-refractivity contribution in [2.45, 2.75) is 13.8 Å². The molecule has 0 saturated heterocycles. The molecule has 1 unspecified atom stereocenters. The van der Waals surface area contributed by atoms with Crippen LogP contribution >= 0.6 is 0 Å². The number of amidine groups is 1. The van der Waals surface area contributed by atoms with Gasteiger partial charge in [0.05, 0.1) is 12.4 Å². The Bertz CT molecular complexity index is 150. The monoisotopic (exact) mass is 187 g/mol. The van der Waals surface area contributed by atoms with Gasteiger partial charge in [0.15, 0.2) is 0 Å². The van der Waals surface area contributed by atoms with Gasteiger partial charge in [0, 0.05) is 25.6 Å². The van der Waals surface area contributed by atoms with E-state index in [9.17, 15) is 0 Å². The highest BCUT2D eigenvalue weighted by molar-refractivity contribution is 5.79. The molecule has 0 heterocycles. The number of rotatable bonds is 7.